The lowest BCUT2D eigenvalue weighted by Gasteiger charge is -2.40. The van der Waals surface area contributed by atoms with E-state index in [1.165, 1.54) is 6.07 Å². The minimum Gasteiger partial charge on any atom is -0.507 e. The molecule has 18 heavy (non-hydrogen) atoms. The number of phenolic OH excluding ortho intramolecular Hbond substituents is 1. The van der Waals surface area contributed by atoms with E-state index in [0.29, 0.717) is 49.0 Å². The van der Waals surface area contributed by atoms with Gasteiger partial charge in [-0.15, -0.1) is 0 Å². The van der Waals surface area contributed by atoms with Gasteiger partial charge in [0.15, 0.2) is 6.29 Å². The quantitative estimate of drug-likeness (QED) is 0.644. The topological polar surface area (TPSA) is 81.0 Å². The van der Waals surface area contributed by atoms with Crippen LogP contribution in [-0.2, 0) is 0 Å². The molecule has 5 heteroatoms. The zero-order chi connectivity index (χ0) is 12.9. The maximum absolute atomic E-state index is 11.0. The summed E-state index contributed by atoms with van der Waals surface area (Å²) < 4.78 is 0. The van der Waals surface area contributed by atoms with Crippen LogP contribution in [0.5, 0.6) is 5.75 Å². The molecule has 3 N–H and O–H groups in total. The van der Waals surface area contributed by atoms with Crippen LogP contribution in [0, 0.1) is 0 Å². The minimum atomic E-state index is -0.778. The van der Waals surface area contributed by atoms with Crippen LogP contribution in [0.4, 0.5) is 5.69 Å². The lowest BCUT2D eigenvalue weighted by molar-refractivity contribution is 0.111. The summed E-state index contributed by atoms with van der Waals surface area (Å²) >= 11 is 0. The second-order valence-electron chi connectivity index (χ2n) is 4.88. The van der Waals surface area contributed by atoms with Crippen LogP contribution in [0.15, 0.2) is 6.07 Å². The van der Waals surface area contributed by atoms with Crippen molar-refractivity contribution in [3.8, 4) is 5.75 Å². The lowest BCUT2D eigenvalue weighted by atomic mass is 9.86. The second-order valence-corrected chi connectivity index (χ2v) is 4.88. The van der Waals surface area contributed by atoms with Gasteiger partial charge in [0.1, 0.15) is 5.75 Å². The van der Waals surface area contributed by atoms with E-state index in [-0.39, 0.29) is 11.3 Å². The number of carbonyl (C=O) groups is 1. The van der Waals surface area contributed by atoms with E-state index >= 15 is 0 Å². The first kappa shape index (κ1) is 11.5. The highest BCUT2D eigenvalue weighted by Crippen LogP contribution is 2.47. The Hall–Kier alpha value is -1.59. The Kier molecular flexibility index (Phi) is 2.53. The molecule has 1 aromatic rings. The monoisotopic (exact) mass is 249 g/mol. The minimum absolute atomic E-state index is 0.130. The fourth-order valence-corrected chi connectivity index (χ4v) is 2.93. The molecule has 0 saturated heterocycles. The van der Waals surface area contributed by atoms with Gasteiger partial charge in [-0.05, 0) is 18.9 Å². The van der Waals surface area contributed by atoms with Crippen LogP contribution in [0.1, 0.15) is 46.5 Å². The van der Waals surface area contributed by atoms with Crippen LogP contribution >= 0.6 is 0 Å². The molecule has 2 aliphatic heterocycles. The first-order chi connectivity index (χ1) is 8.63. The van der Waals surface area contributed by atoms with Gasteiger partial charge < -0.3 is 20.2 Å². The Balaban J connectivity index is 2.31. The normalized spacial score (nSPS) is 25.8. The number of aldehydes is 1. The third-order valence-corrected chi connectivity index (χ3v) is 3.85. The number of anilines is 1. The van der Waals surface area contributed by atoms with E-state index in [4.69, 9.17) is 0 Å². The van der Waals surface area contributed by atoms with E-state index in [1.807, 2.05) is 0 Å². The molecular formula is C13H15NO4. The molecule has 2 aliphatic rings. The number of phenols is 1. The maximum Gasteiger partial charge on any atom is 0.153 e. The summed E-state index contributed by atoms with van der Waals surface area (Å²) in [6.45, 7) is 1.40. The molecular weight excluding hydrogens is 234 g/mol. The van der Waals surface area contributed by atoms with Crippen molar-refractivity contribution in [2.45, 2.75) is 25.0 Å². The fourth-order valence-electron chi connectivity index (χ4n) is 2.93. The molecule has 0 radical (unpaired) electrons. The summed E-state index contributed by atoms with van der Waals surface area (Å²) in [6.07, 6.45) is 0.267. The molecule has 2 atom stereocenters. The summed E-state index contributed by atoms with van der Waals surface area (Å²) in [7, 11) is 0. The summed E-state index contributed by atoms with van der Waals surface area (Å²) in [6, 6.07) is 1.52. The van der Waals surface area contributed by atoms with Gasteiger partial charge in [-0.3, -0.25) is 4.79 Å². The Morgan fingerprint density at radius 1 is 1.22 bits per heavy atom. The number of hydrogen-bond donors (Lipinski definition) is 3. The molecule has 0 amide bonds. The number of benzene rings is 1. The van der Waals surface area contributed by atoms with Crippen molar-refractivity contribution >= 4 is 12.0 Å². The molecule has 1 aromatic carbocycles. The van der Waals surface area contributed by atoms with Crippen molar-refractivity contribution in [2.24, 2.45) is 0 Å². The van der Waals surface area contributed by atoms with Crippen molar-refractivity contribution in [1.82, 2.24) is 0 Å². The molecule has 0 saturated carbocycles. The van der Waals surface area contributed by atoms with Gasteiger partial charge in [0.2, 0.25) is 0 Å². The van der Waals surface area contributed by atoms with Gasteiger partial charge in [0, 0.05) is 24.2 Å². The van der Waals surface area contributed by atoms with Crippen molar-refractivity contribution < 1.29 is 20.1 Å². The predicted octanol–water partition coefficient (Wildman–Crippen LogP) is 0.885. The zero-order valence-electron chi connectivity index (χ0n) is 9.83. The van der Waals surface area contributed by atoms with Crippen LogP contribution in [-0.4, -0.2) is 34.7 Å². The SMILES string of the molecule is O=Cc1cc2c3c(c1O)C(O)CCN3CCC2O. The third kappa shape index (κ3) is 1.44. The largest absolute Gasteiger partial charge is 0.507 e. The number of nitrogens with zero attached hydrogens (tertiary/aromatic N) is 1. The number of aromatic hydroxyl groups is 1. The van der Waals surface area contributed by atoms with Gasteiger partial charge in [0.05, 0.1) is 23.5 Å². The van der Waals surface area contributed by atoms with E-state index in [9.17, 15) is 20.1 Å². The number of rotatable bonds is 1. The van der Waals surface area contributed by atoms with Crippen molar-refractivity contribution in [3.05, 3.63) is 22.8 Å². The first-order valence-corrected chi connectivity index (χ1v) is 6.09. The Morgan fingerprint density at radius 3 is 2.56 bits per heavy atom. The summed E-state index contributed by atoms with van der Waals surface area (Å²) in [5.41, 5.74) is 1.86. The van der Waals surface area contributed by atoms with E-state index in [2.05, 4.69) is 4.90 Å². The van der Waals surface area contributed by atoms with E-state index < -0.39 is 12.2 Å². The molecule has 5 nitrogen and oxygen atoms in total. The van der Waals surface area contributed by atoms with Gasteiger partial charge in [-0.1, -0.05) is 0 Å². The zero-order valence-corrected chi connectivity index (χ0v) is 9.83. The molecule has 0 spiro atoms. The van der Waals surface area contributed by atoms with Gasteiger partial charge >= 0.3 is 0 Å². The molecule has 96 valence electrons. The van der Waals surface area contributed by atoms with E-state index in [0.717, 1.165) is 0 Å². The molecule has 2 unspecified atom stereocenters. The van der Waals surface area contributed by atoms with Crippen molar-refractivity contribution in [3.63, 3.8) is 0 Å². The average Bonchev–Trinajstić information content (AvgIpc) is 2.37. The first-order valence-electron chi connectivity index (χ1n) is 6.09. The highest BCUT2D eigenvalue weighted by Gasteiger charge is 2.35. The standard InChI is InChI=1S/C13H15NO4/c15-6-7-5-8-9(16)1-3-14-4-2-10(17)11(12(8)14)13(7)18/h5-6,9-10,16-18H,1-4H2. The summed E-state index contributed by atoms with van der Waals surface area (Å²) in [5.74, 6) is -0.157. The molecule has 0 aliphatic carbocycles. The number of carbonyl (C=O) groups excluding carboxylic acids is 1. The fraction of sp³-hybridized carbons (Fsp3) is 0.462. The molecule has 0 aromatic heterocycles. The number of hydrogen-bond acceptors (Lipinski definition) is 5. The van der Waals surface area contributed by atoms with Crippen LogP contribution in [0.25, 0.3) is 0 Å². The lowest BCUT2D eigenvalue weighted by Crippen LogP contribution is -2.37. The van der Waals surface area contributed by atoms with Crippen LogP contribution < -0.4 is 4.90 Å². The summed E-state index contributed by atoms with van der Waals surface area (Å²) in [4.78, 5) is 13.0. The maximum atomic E-state index is 11.0. The smallest absolute Gasteiger partial charge is 0.153 e. The van der Waals surface area contributed by atoms with Crippen LogP contribution in [0.2, 0.25) is 0 Å². The number of aliphatic hydroxyl groups is 2. The number of aliphatic hydroxyl groups excluding tert-OH is 2. The van der Waals surface area contributed by atoms with Crippen molar-refractivity contribution in [1.29, 1.82) is 0 Å². The Labute approximate surface area is 104 Å². The average molecular weight is 249 g/mol. The second kappa shape index (κ2) is 3.96. The summed E-state index contributed by atoms with van der Waals surface area (Å²) in [5, 5.41) is 30.1. The molecule has 3 rings (SSSR count). The molecule has 0 fully saturated rings. The van der Waals surface area contributed by atoms with Gasteiger partial charge in [0.25, 0.3) is 0 Å². The van der Waals surface area contributed by atoms with Gasteiger partial charge in [-0.25, -0.2) is 0 Å². The Bertz CT molecular complexity index is 512. The van der Waals surface area contributed by atoms with E-state index in [1.54, 1.807) is 0 Å². The third-order valence-electron chi connectivity index (χ3n) is 3.85. The predicted molar refractivity (Wildman–Crippen MR) is 64.9 cm³/mol. The van der Waals surface area contributed by atoms with Crippen molar-refractivity contribution in [2.75, 3.05) is 18.0 Å². The molecule has 0 bridgehead atoms. The van der Waals surface area contributed by atoms with Crippen LogP contribution in [0.3, 0.4) is 0 Å². The highest BCUT2D eigenvalue weighted by molar-refractivity contribution is 5.85. The highest BCUT2D eigenvalue weighted by atomic mass is 16.3. The molecule has 2 heterocycles. The van der Waals surface area contributed by atoms with Gasteiger partial charge in [-0.2, -0.15) is 0 Å². The Morgan fingerprint density at radius 2 is 1.89 bits per heavy atom.